The van der Waals surface area contributed by atoms with Crippen molar-refractivity contribution in [3.8, 4) is 0 Å². The minimum absolute atomic E-state index is 0.0172. The number of carbonyl (C=O) groups is 4. The smallest absolute Gasteiger partial charge is 0.326 e. The van der Waals surface area contributed by atoms with Crippen LogP contribution in [-0.2, 0) is 25.6 Å². The number of carboxylic acid groups (broad SMARTS) is 1. The standard InChI is InChI=1S/C19H23FN2O5/c1-11(23)21-16(9-12-5-7-14(20)8-6-12)18(25)22-17(19(26)27)13-3-2-4-15(24)10-13/h5-8,13,16-17H,2-4,9-10H2,1H3,(H,21,23)(H,22,25)(H,26,27)/t13-,16+,17+/m1/s1. The average Bonchev–Trinajstić information content (AvgIpc) is 2.60. The fourth-order valence-electron chi connectivity index (χ4n) is 3.29. The van der Waals surface area contributed by atoms with E-state index in [0.29, 0.717) is 24.8 Å². The molecule has 1 fully saturated rings. The zero-order chi connectivity index (χ0) is 20.0. The van der Waals surface area contributed by atoms with Crippen molar-refractivity contribution in [2.45, 2.75) is 51.1 Å². The molecule has 146 valence electrons. The summed E-state index contributed by atoms with van der Waals surface area (Å²) in [5, 5.41) is 14.4. The van der Waals surface area contributed by atoms with Crippen LogP contribution >= 0.6 is 0 Å². The topological polar surface area (TPSA) is 113 Å². The molecular formula is C19H23FN2O5. The molecule has 1 aliphatic carbocycles. The quantitative estimate of drug-likeness (QED) is 0.660. The van der Waals surface area contributed by atoms with Crippen LogP contribution in [-0.4, -0.2) is 40.8 Å². The number of hydrogen-bond donors (Lipinski definition) is 3. The van der Waals surface area contributed by atoms with Crippen LogP contribution in [0.2, 0.25) is 0 Å². The average molecular weight is 378 g/mol. The largest absolute Gasteiger partial charge is 0.480 e. The number of amides is 2. The molecule has 0 unspecified atom stereocenters. The molecule has 1 aromatic rings. The van der Waals surface area contributed by atoms with Crippen molar-refractivity contribution >= 4 is 23.6 Å². The Morgan fingerprint density at radius 3 is 2.44 bits per heavy atom. The first-order valence-corrected chi connectivity index (χ1v) is 8.82. The minimum atomic E-state index is -1.22. The van der Waals surface area contributed by atoms with Gasteiger partial charge in [-0.15, -0.1) is 0 Å². The molecule has 1 aliphatic rings. The van der Waals surface area contributed by atoms with E-state index in [0.717, 1.165) is 0 Å². The van der Waals surface area contributed by atoms with Gasteiger partial charge in [0.05, 0.1) is 0 Å². The summed E-state index contributed by atoms with van der Waals surface area (Å²) in [7, 11) is 0. The molecule has 0 spiro atoms. The second-order valence-corrected chi connectivity index (χ2v) is 6.80. The summed E-state index contributed by atoms with van der Waals surface area (Å²) in [6.45, 7) is 1.25. The number of aliphatic carboxylic acids is 1. The summed E-state index contributed by atoms with van der Waals surface area (Å²) in [6.07, 6.45) is 1.75. The maximum atomic E-state index is 13.0. The van der Waals surface area contributed by atoms with E-state index in [1.54, 1.807) is 0 Å². The van der Waals surface area contributed by atoms with Crippen LogP contribution in [0.4, 0.5) is 4.39 Å². The second kappa shape index (κ2) is 9.25. The Morgan fingerprint density at radius 2 is 1.89 bits per heavy atom. The molecule has 3 atom stereocenters. The van der Waals surface area contributed by atoms with Gasteiger partial charge >= 0.3 is 5.97 Å². The molecule has 7 nitrogen and oxygen atoms in total. The van der Waals surface area contributed by atoms with Gasteiger partial charge in [0, 0.05) is 26.2 Å². The van der Waals surface area contributed by atoms with E-state index in [1.807, 2.05) is 0 Å². The Bertz CT molecular complexity index is 719. The van der Waals surface area contributed by atoms with Gasteiger partial charge < -0.3 is 15.7 Å². The zero-order valence-electron chi connectivity index (χ0n) is 15.0. The summed E-state index contributed by atoms with van der Waals surface area (Å²) in [4.78, 5) is 47.4. The lowest BCUT2D eigenvalue weighted by Crippen LogP contribution is -2.54. The molecule has 1 saturated carbocycles. The Kier molecular flexibility index (Phi) is 7.04. The van der Waals surface area contributed by atoms with Gasteiger partial charge in [-0.25, -0.2) is 9.18 Å². The lowest BCUT2D eigenvalue weighted by atomic mass is 9.83. The lowest BCUT2D eigenvalue weighted by molar-refractivity contribution is -0.144. The first-order chi connectivity index (χ1) is 12.8. The maximum Gasteiger partial charge on any atom is 0.326 e. The van der Waals surface area contributed by atoms with E-state index in [1.165, 1.54) is 31.2 Å². The Morgan fingerprint density at radius 1 is 1.22 bits per heavy atom. The van der Waals surface area contributed by atoms with Crippen LogP contribution in [0.3, 0.4) is 0 Å². The molecule has 2 rings (SSSR count). The van der Waals surface area contributed by atoms with Crippen molar-refractivity contribution in [2.75, 3.05) is 0 Å². The number of Topliss-reactive ketones (excluding diaryl/α,β-unsaturated/α-hetero) is 1. The fourth-order valence-corrected chi connectivity index (χ4v) is 3.29. The highest BCUT2D eigenvalue weighted by Crippen LogP contribution is 2.24. The van der Waals surface area contributed by atoms with Crippen molar-refractivity contribution in [1.29, 1.82) is 0 Å². The molecule has 0 aromatic heterocycles. The summed E-state index contributed by atoms with van der Waals surface area (Å²) >= 11 is 0. The van der Waals surface area contributed by atoms with Crippen LogP contribution in [0.25, 0.3) is 0 Å². The highest BCUT2D eigenvalue weighted by atomic mass is 19.1. The molecule has 0 heterocycles. The van der Waals surface area contributed by atoms with Gasteiger partial charge in [-0.1, -0.05) is 12.1 Å². The molecule has 0 aliphatic heterocycles. The third-order valence-electron chi connectivity index (χ3n) is 4.60. The number of nitrogens with one attached hydrogen (secondary N) is 2. The van der Waals surface area contributed by atoms with Crippen LogP contribution in [0.5, 0.6) is 0 Å². The summed E-state index contributed by atoms with van der Waals surface area (Å²) in [6, 6.07) is 3.26. The van der Waals surface area contributed by atoms with Gasteiger partial charge in [0.2, 0.25) is 11.8 Å². The van der Waals surface area contributed by atoms with Crippen LogP contribution in [0.1, 0.15) is 38.2 Å². The number of hydrogen-bond acceptors (Lipinski definition) is 4. The first kappa shape index (κ1) is 20.5. The van der Waals surface area contributed by atoms with E-state index in [2.05, 4.69) is 10.6 Å². The van der Waals surface area contributed by atoms with Gasteiger partial charge in [-0.05, 0) is 36.5 Å². The van der Waals surface area contributed by atoms with Crippen LogP contribution < -0.4 is 10.6 Å². The molecule has 0 bridgehead atoms. The molecule has 0 saturated heterocycles. The van der Waals surface area contributed by atoms with Gasteiger partial charge in [-0.2, -0.15) is 0 Å². The molecule has 2 amide bonds. The summed E-state index contributed by atoms with van der Waals surface area (Å²) in [5.74, 6) is -3.23. The van der Waals surface area contributed by atoms with E-state index < -0.39 is 41.6 Å². The monoisotopic (exact) mass is 378 g/mol. The normalized spacial score (nSPS) is 19.0. The minimum Gasteiger partial charge on any atom is -0.480 e. The van der Waals surface area contributed by atoms with Gasteiger partial charge in [0.25, 0.3) is 0 Å². The number of rotatable bonds is 7. The number of carboxylic acids is 1. The number of carbonyl (C=O) groups excluding carboxylic acids is 3. The predicted octanol–water partition coefficient (Wildman–Crippen LogP) is 1.20. The van der Waals surface area contributed by atoms with E-state index >= 15 is 0 Å². The van der Waals surface area contributed by atoms with Crippen molar-refractivity contribution in [3.63, 3.8) is 0 Å². The second-order valence-electron chi connectivity index (χ2n) is 6.80. The summed E-state index contributed by atoms with van der Waals surface area (Å²) < 4.78 is 13.0. The highest BCUT2D eigenvalue weighted by molar-refractivity contribution is 5.90. The molecule has 1 aromatic carbocycles. The van der Waals surface area contributed by atoms with Crippen molar-refractivity contribution in [3.05, 3.63) is 35.6 Å². The Hall–Kier alpha value is -2.77. The molecule has 8 heteroatoms. The molecule has 27 heavy (non-hydrogen) atoms. The SMILES string of the molecule is CC(=O)N[C@@H](Cc1ccc(F)cc1)C(=O)N[C@H](C(=O)O)[C@@H]1CCCC(=O)C1. The number of halogens is 1. The van der Waals surface area contributed by atoms with Crippen LogP contribution in [0.15, 0.2) is 24.3 Å². The molecule has 0 radical (unpaired) electrons. The Balaban J connectivity index is 2.12. The van der Waals surface area contributed by atoms with E-state index in [9.17, 15) is 28.7 Å². The Labute approximate surface area is 156 Å². The zero-order valence-corrected chi connectivity index (χ0v) is 15.0. The summed E-state index contributed by atoms with van der Waals surface area (Å²) in [5.41, 5.74) is 0.616. The van der Waals surface area contributed by atoms with E-state index in [-0.39, 0.29) is 18.6 Å². The lowest BCUT2D eigenvalue weighted by Gasteiger charge is -2.29. The predicted molar refractivity (Wildman–Crippen MR) is 94.2 cm³/mol. The maximum absolute atomic E-state index is 13.0. The third kappa shape index (κ3) is 6.16. The number of ketones is 1. The van der Waals surface area contributed by atoms with Gasteiger partial charge in [0.1, 0.15) is 23.7 Å². The van der Waals surface area contributed by atoms with Crippen molar-refractivity contribution in [1.82, 2.24) is 10.6 Å². The first-order valence-electron chi connectivity index (χ1n) is 8.82. The molecule has 3 N–H and O–H groups in total. The van der Waals surface area contributed by atoms with Crippen LogP contribution in [0, 0.1) is 11.7 Å². The van der Waals surface area contributed by atoms with E-state index in [4.69, 9.17) is 0 Å². The highest BCUT2D eigenvalue weighted by Gasteiger charge is 2.35. The van der Waals surface area contributed by atoms with Gasteiger partial charge in [0.15, 0.2) is 0 Å². The van der Waals surface area contributed by atoms with Gasteiger partial charge in [-0.3, -0.25) is 14.4 Å². The fraction of sp³-hybridized carbons (Fsp3) is 0.474. The third-order valence-corrected chi connectivity index (χ3v) is 4.60. The van der Waals surface area contributed by atoms with Crippen molar-refractivity contribution in [2.24, 2.45) is 5.92 Å². The number of benzene rings is 1. The van der Waals surface area contributed by atoms with Crippen molar-refractivity contribution < 1.29 is 28.7 Å². The molecular weight excluding hydrogens is 355 g/mol.